The second-order valence-electron chi connectivity index (χ2n) is 16.3. The van der Waals surface area contributed by atoms with E-state index >= 15 is 0 Å². The number of hydrogen-bond acceptors (Lipinski definition) is 6. The van der Waals surface area contributed by atoms with Gasteiger partial charge in [0, 0.05) is 19.3 Å². The number of ether oxygens (including phenoxy) is 3. The Labute approximate surface area is 317 Å². The molecule has 0 radical (unpaired) electrons. The molecule has 0 bridgehead atoms. The van der Waals surface area contributed by atoms with E-state index in [2.05, 4.69) is 34.6 Å². The van der Waals surface area contributed by atoms with E-state index in [-0.39, 0.29) is 31.1 Å². The highest BCUT2D eigenvalue weighted by Crippen LogP contribution is 2.16. The third-order valence-corrected chi connectivity index (χ3v) is 9.97. The smallest absolute Gasteiger partial charge is 0.306 e. The molecular formula is C45H86O6. The Hall–Kier alpha value is -1.59. The Balaban J connectivity index is 4.33. The highest BCUT2D eigenvalue weighted by atomic mass is 16.6. The molecule has 6 nitrogen and oxygen atoms in total. The third-order valence-electron chi connectivity index (χ3n) is 9.97. The lowest BCUT2D eigenvalue weighted by atomic mass is 10.0. The molecule has 0 aromatic rings. The topological polar surface area (TPSA) is 78.9 Å². The molecule has 0 amide bonds. The summed E-state index contributed by atoms with van der Waals surface area (Å²) < 4.78 is 16.7. The van der Waals surface area contributed by atoms with Gasteiger partial charge in [0.2, 0.25) is 0 Å². The molecule has 0 aliphatic carbocycles. The number of unbranched alkanes of at least 4 members (excludes halogenated alkanes) is 24. The Morgan fingerprint density at radius 3 is 0.961 bits per heavy atom. The fourth-order valence-electron chi connectivity index (χ4n) is 6.58. The standard InChI is InChI=1S/C45H86O6/c1-6-7-8-9-10-11-12-13-14-15-19-25-30-35-43(46)49-38-42(39-50-44(47)36-31-26-22-21-24-29-34-41(4)5)51-45(48)37-32-27-20-17-16-18-23-28-33-40(2)3/h40-42H,6-39H2,1-5H3/t42-/m0/s1. The number of rotatable bonds is 39. The molecule has 0 aromatic carbocycles. The SMILES string of the molecule is CCCCCCCCCCCCCCCC(=O)OC[C@@H](COC(=O)CCCCCCCCC(C)C)OC(=O)CCCCCCCCCCC(C)C. The first-order chi connectivity index (χ1) is 24.7. The van der Waals surface area contributed by atoms with Gasteiger partial charge in [-0.2, -0.15) is 0 Å². The van der Waals surface area contributed by atoms with Crippen LogP contribution in [0.4, 0.5) is 0 Å². The van der Waals surface area contributed by atoms with Crippen LogP contribution in [0, 0.1) is 11.8 Å². The molecule has 0 saturated carbocycles. The van der Waals surface area contributed by atoms with Gasteiger partial charge in [-0.05, 0) is 31.1 Å². The molecule has 51 heavy (non-hydrogen) atoms. The Morgan fingerprint density at radius 1 is 0.373 bits per heavy atom. The van der Waals surface area contributed by atoms with Gasteiger partial charge in [-0.15, -0.1) is 0 Å². The molecule has 302 valence electrons. The van der Waals surface area contributed by atoms with Gasteiger partial charge in [0.05, 0.1) is 0 Å². The summed E-state index contributed by atoms with van der Waals surface area (Å²) in [6, 6.07) is 0. The molecule has 0 aliphatic heterocycles. The maximum Gasteiger partial charge on any atom is 0.306 e. The average Bonchev–Trinajstić information content (AvgIpc) is 3.09. The van der Waals surface area contributed by atoms with Crippen molar-refractivity contribution < 1.29 is 28.6 Å². The number of esters is 3. The summed E-state index contributed by atoms with van der Waals surface area (Å²) in [5, 5.41) is 0. The van der Waals surface area contributed by atoms with Crippen molar-refractivity contribution in [2.45, 2.75) is 246 Å². The highest BCUT2D eigenvalue weighted by molar-refractivity contribution is 5.71. The van der Waals surface area contributed by atoms with Crippen LogP contribution in [0.5, 0.6) is 0 Å². The van der Waals surface area contributed by atoms with E-state index in [4.69, 9.17) is 14.2 Å². The second kappa shape index (κ2) is 38.1. The molecular weight excluding hydrogens is 636 g/mol. The van der Waals surface area contributed by atoms with Gasteiger partial charge in [0.15, 0.2) is 6.10 Å². The molecule has 0 heterocycles. The lowest BCUT2D eigenvalue weighted by Crippen LogP contribution is -2.30. The lowest BCUT2D eigenvalue weighted by Gasteiger charge is -2.18. The number of carbonyl (C=O) groups is 3. The van der Waals surface area contributed by atoms with Crippen molar-refractivity contribution in [2.24, 2.45) is 11.8 Å². The molecule has 0 unspecified atom stereocenters. The zero-order chi connectivity index (χ0) is 37.6. The predicted octanol–water partition coefficient (Wildman–Crippen LogP) is 13.8. The van der Waals surface area contributed by atoms with E-state index in [0.717, 1.165) is 69.6 Å². The molecule has 0 N–H and O–H groups in total. The van der Waals surface area contributed by atoms with Crippen LogP contribution in [0.15, 0.2) is 0 Å². The first-order valence-corrected chi connectivity index (χ1v) is 22.2. The summed E-state index contributed by atoms with van der Waals surface area (Å²) in [5.41, 5.74) is 0. The van der Waals surface area contributed by atoms with Crippen LogP contribution in [0.25, 0.3) is 0 Å². The minimum absolute atomic E-state index is 0.0660. The van der Waals surface area contributed by atoms with Crippen molar-refractivity contribution >= 4 is 17.9 Å². The number of hydrogen-bond donors (Lipinski definition) is 0. The van der Waals surface area contributed by atoms with Gasteiger partial charge in [-0.1, -0.05) is 202 Å². The largest absolute Gasteiger partial charge is 0.462 e. The highest BCUT2D eigenvalue weighted by Gasteiger charge is 2.19. The van der Waals surface area contributed by atoms with Gasteiger partial charge >= 0.3 is 17.9 Å². The summed E-state index contributed by atoms with van der Waals surface area (Å²) >= 11 is 0. The van der Waals surface area contributed by atoms with Crippen molar-refractivity contribution in [2.75, 3.05) is 13.2 Å². The van der Waals surface area contributed by atoms with E-state index in [1.54, 1.807) is 0 Å². The summed E-state index contributed by atoms with van der Waals surface area (Å²) in [4.78, 5) is 37.6. The molecule has 1 atom stereocenters. The normalized spacial score (nSPS) is 12.1. The second-order valence-corrected chi connectivity index (χ2v) is 16.3. The Morgan fingerprint density at radius 2 is 0.647 bits per heavy atom. The summed E-state index contributed by atoms with van der Waals surface area (Å²) in [6.45, 7) is 11.2. The zero-order valence-electron chi connectivity index (χ0n) is 34.7. The van der Waals surface area contributed by atoms with Crippen molar-refractivity contribution in [3.05, 3.63) is 0 Å². The van der Waals surface area contributed by atoms with Crippen molar-refractivity contribution in [3.8, 4) is 0 Å². The van der Waals surface area contributed by atoms with Gasteiger partial charge in [0.1, 0.15) is 13.2 Å². The molecule has 0 spiro atoms. The lowest BCUT2D eigenvalue weighted by molar-refractivity contribution is -0.167. The molecule has 0 aromatic heterocycles. The van der Waals surface area contributed by atoms with Crippen LogP contribution in [0.1, 0.15) is 240 Å². The summed E-state index contributed by atoms with van der Waals surface area (Å²) in [7, 11) is 0. The van der Waals surface area contributed by atoms with Crippen molar-refractivity contribution in [1.82, 2.24) is 0 Å². The minimum Gasteiger partial charge on any atom is -0.462 e. The van der Waals surface area contributed by atoms with Crippen LogP contribution in [0.3, 0.4) is 0 Å². The van der Waals surface area contributed by atoms with Crippen LogP contribution in [0.2, 0.25) is 0 Å². The van der Waals surface area contributed by atoms with Crippen LogP contribution < -0.4 is 0 Å². The van der Waals surface area contributed by atoms with Crippen LogP contribution >= 0.6 is 0 Å². The predicted molar refractivity (Wildman–Crippen MR) is 215 cm³/mol. The van der Waals surface area contributed by atoms with Crippen LogP contribution in [-0.4, -0.2) is 37.2 Å². The molecule has 0 fully saturated rings. The fraction of sp³-hybridized carbons (Fsp3) is 0.933. The zero-order valence-corrected chi connectivity index (χ0v) is 34.7. The molecule has 0 rings (SSSR count). The average molecular weight is 723 g/mol. The maximum absolute atomic E-state index is 12.7. The Kier molecular flexibility index (Phi) is 37.0. The van der Waals surface area contributed by atoms with Crippen molar-refractivity contribution in [3.63, 3.8) is 0 Å². The van der Waals surface area contributed by atoms with E-state index in [9.17, 15) is 14.4 Å². The maximum atomic E-state index is 12.7. The number of carbonyl (C=O) groups excluding carboxylic acids is 3. The summed E-state index contributed by atoms with van der Waals surface area (Å²) in [6.07, 6.45) is 35.3. The van der Waals surface area contributed by atoms with Gasteiger partial charge < -0.3 is 14.2 Å². The van der Waals surface area contributed by atoms with Gasteiger partial charge in [-0.3, -0.25) is 14.4 Å². The minimum atomic E-state index is -0.760. The van der Waals surface area contributed by atoms with Gasteiger partial charge in [0.25, 0.3) is 0 Å². The van der Waals surface area contributed by atoms with Crippen LogP contribution in [-0.2, 0) is 28.6 Å². The van der Waals surface area contributed by atoms with E-state index in [0.29, 0.717) is 19.3 Å². The monoisotopic (exact) mass is 723 g/mol. The third kappa shape index (κ3) is 39.5. The summed E-state index contributed by atoms with van der Waals surface area (Å²) in [5.74, 6) is 0.692. The molecule has 6 heteroatoms. The van der Waals surface area contributed by atoms with Crippen molar-refractivity contribution in [1.29, 1.82) is 0 Å². The van der Waals surface area contributed by atoms with E-state index in [1.165, 1.54) is 128 Å². The molecule has 0 saturated heterocycles. The first-order valence-electron chi connectivity index (χ1n) is 22.2. The first kappa shape index (κ1) is 49.4. The van der Waals surface area contributed by atoms with E-state index < -0.39 is 6.10 Å². The van der Waals surface area contributed by atoms with Gasteiger partial charge in [-0.25, -0.2) is 0 Å². The quantitative estimate of drug-likeness (QED) is 0.0357. The van der Waals surface area contributed by atoms with E-state index in [1.807, 2.05) is 0 Å². The fourth-order valence-corrected chi connectivity index (χ4v) is 6.58. The Bertz CT molecular complexity index is 779. The molecule has 0 aliphatic rings.